The summed E-state index contributed by atoms with van der Waals surface area (Å²) in [4.78, 5) is 24.2. The van der Waals surface area contributed by atoms with Crippen molar-refractivity contribution in [1.29, 1.82) is 0 Å². The van der Waals surface area contributed by atoms with Gasteiger partial charge in [-0.2, -0.15) is 0 Å². The zero-order chi connectivity index (χ0) is 18.5. The standard InChI is InChI=1S/C21H19IN2O2/c22-18-7-3-4-14(11-18)12-19(21(23)26)24-20(25)13-15-8-9-16-5-1-2-6-17(16)10-15/h1-11,19H,12-13H2,(H2,23,26)(H,24,25)/t19-/m0/s1. The number of hydrogen-bond donors (Lipinski definition) is 2. The largest absolute Gasteiger partial charge is 0.368 e. The summed E-state index contributed by atoms with van der Waals surface area (Å²) >= 11 is 2.21. The van der Waals surface area contributed by atoms with Crippen molar-refractivity contribution in [2.75, 3.05) is 0 Å². The highest BCUT2D eigenvalue weighted by Crippen LogP contribution is 2.16. The van der Waals surface area contributed by atoms with Crippen LogP contribution in [0.1, 0.15) is 11.1 Å². The molecule has 3 rings (SSSR count). The molecule has 26 heavy (non-hydrogen) atoms. The second-order valence-corrected chi connectivity index (χ2v) is 7.46. The van der Waals surface area contributed by atoms with Crippen LogP contribution in [0.25, 0.3) is 10.8 Å². The van der Waals surface area contributed by atoms with Gasteiger partial charge in [0.15, 0.2) is 0 Å². The molecule has 3 aromatic rings. The number of fused-ring (bicyclic) bond motifs is 1. The molecular weight excluding hydrogens is 439 g/mol. The van der Waals surface area contributed by atoms with Crippen LogP contribution in [-0.2, 0) is 22.4 Å². The first-order valence-corrected chi connectivity index (χ1v) is 9.40. The van der Waals surface area contributed by atoms with Crippen molar-refractivity contribution in [2.45, 2.75) is 18.9 Å². The number of amides is 2. The van der Waals surface area contributed by atoms with E-state index in [1.165, 1.54) is 0 Å². The highest BCUT2D eigenvalue weighted by Gasteiger charge is 2.19. The van der Waals surface area contributed by atoms with Gasteiger partial charge in [0.1, 0.15) is 6.04 Å². The number of halogens is 1. The quantitative estimate of drug-likeness (QED) is 0.557. The molecule has 3 aromatic carbocycles. The Balaban J connectivity index is 1.68. The first-order chi connectivity index (χ1) is 12.5. The summed E-state index contributed by atoms with van der Waals surface area (Å²) in [7, 11) is 0. The Morgan fingerprint density at radius 2 is 1.69 bits per heavy atom. The molecule has 0 saturated carbocycles. The van der Waals surface area contributed by atoms with E-state index in [1.807, 2.05) is 66.7 Å². The molecule has 0 aromatic heterocycles. The van der Waals surface area contributed by atoms with Crippen molar-refractivity contribution in [1.82, 2.24) is 5.32 Å². The van der Waals surface area contributed by atoms with E-state index in [1.54, 1.807) is 0 Å². The predicted molar refractivity (Wildman–Crippen MR) is 112 cm³/mol. The summed E-state index contributed by atoms with van der Waals surface area (Å²) < 4.78 is 1.07. The highest BCUT2D eigenvalue weighted by atomic mass is 127. The second kappa shape index (κ2) is 8.31. The monoisotopic (exact) mass is 458 g/mol. The molecule has 3 N–H and O–H groups in total. The van der Waals surface area contributed by atoms with Gasteiger partial charge in [-0.15, -0.1) is 0 Å². The Morgan fingerprint density at radius 3 is 2.42 bits per heavy atom. The van der Waals surface area contributed by atoms with Gasteiger partial charge < -0.3 is 11.1 Å². The smallest absolute Gasteiger partial charge is 0.240 e. The van der Waals surface area contributed by atoms with Gasteiger partial charge in [0.2, 0.25) is 11.8 Å². The van der Waals surface area contributed by atoms with Crippen molar-refractivity contribution in [3.05, 3.63) is 81.4 Å². The van der Waals surface area contributed by atoms with E-state index >= 15 is 0 Å². The molecule has 0 aliphatic rings. The number of hydrogen-bond acceptors (Lipinski definition) is 2. The highest BCUT2D eigenvalue weighted by molar-refractivity contribution is 14.1. The fraction of sp³-hybridized carbons (Fsp3) is 0.143. The van der Waals surface area contributed by atoms with Crippen LogP contribution >= 0.6 is 22.6 Å². The number of primary amides is 1. The van der Waals surface area contributed by atoms with E-state index in [-0.39, 0.29) is 12.3 Å². The first-order valence-electron chi connectivity index (χ1n) is 8.32. The van der Waals surface area contributed by atoms with E-state index in [2.05, 4.69) is 27.9 Å². The Kier molecular flexibility index (Phi) is 5.88. The van der Waals surface area contributed by atoms with Crippen LogP contribution in [0.3, 0.4) is 0 Å². The summed E-state index contributed by atoms with van der Waals surface area (Å²) in [6.07, 6.45) is 0.594. The number of carbonyl (C=O) groups excluding carboxylic acids is 2. The Hall–Kier alpha value is -2.41. The maximum atomic E-state index is 12.4. The van der Waals surface area contributed by atoms with E-state index in [4.69, 9.17) is 5.73 Å². The summed E-state index contributed by atoms with van der Waals surface area (Å²) in [5.41, 5.74) is 7.35. The van der Waals surface area contributed by atoms with Crippen LogP contribution in [0.2, 0.25) is 0 Å². The lowest BCUT2D eigenvalue weighted by Crippen LogP contribution is -2.46. The van der Waals surface area contributed by atoms with Gasteiger partial charge in [-0.25, -0.2) is 0 Å². The third-order valence-corrected chi connectivity index (χ3v) is 4.86. The van der Waals surface area contributed by atoms with Crippen LogP contribution in [-0.4, -0.2) is 17.9 Å². The molecule has 0 saturated heterocycles. The molecule has 0 heterocycles. The number of rotatable bonds is 6. The normalized spacial score (nSPS) is 11.9. The van der Waals surface area contributed by atoms with Crippen LogP contribution < -0.4 is 11.1 Å². The van der Waals surface area contributed by atoms with Crippen LogP contribution in [0.15, 0.2) is 66.7 Å². The minimum absolute atomic E-state index is 0.209. The molecule has 1 atom stereocenters. The maximum Gasteiger partial charge on any atom is 0.240 e. The number of carbonyl (C=O) groups is 2. The lowest BCUT2D eigenvalue weighted by atomic mass is 10.0. The number of benzene rings is 3. The summed E-state index contributed by atoms with van der Waals surface area (Å²) in [6, 6.07) is 21.0. The Labute approximate surface area is 165 Å². The van der Waals surface area contributed by atoms with Gasteiger partial charge in [-0.05, 0) is 56.6 Å². The minimum Gasteiger partial charge on any atom is -0.368 e. The molecule has 0 aliphatic heterocycles. The van der Waals surface area contributed by atoms with E-state index in [9.17, 15) is 9.59 Å². The van der Waals surface area contributed by atoms with E-state index < -0.39 is 11.9 Å². The molecule has 4 nitrogen and oxygen atoms in total. The van der Waals surface area contributed by atoms with Gasteiger partial charge >= 0.3 is 0 Å². The van der Waals surface area contributed by atoms with Crippen molar-refractivity contribution >= 4 is 45.2 Å². The zero-order valence-electron chi connectivity index (χ0n) is 14.1. The third-order valence-electron chi connectivity index (χ3n) is 4.19. The van der Waals surface area contributed by atoms with Crippen molar-refractivity contribution < 1.29 is 9.59 Å². The van der Waals surface area contributed by atoms with Gasteiger partial charge in [0, 0.05) is 9.99 Å². The van der Waals surface area contributed by atoms with Crippen LogP contribution in [0.4, 0.5) is 0 Å². The average molecular weight is 458 g/mol. The molecular formula is C21H19IN2O2. The third kappa shape index (κ3) is 4.82. The summed E-state index contributed by atoms with van der Waals surface area (Å²) in [5.74, 6) is -0.745. The van der Waals surface area contributed by atoms with Gasteiger partial charge in [-0.1, -0.05) is 54.6 Å². The molecule has 5 heteroatoms. The van der Waals surface area contributed by atoms with Crippen molar-refractivity contribution in [2.24, 2.45) is 5.73 Å². The lowest BCUT2D eigenvalue weighted by molar-refractivity contribution is -0.127. The lowest BCUT2D eigenvalue weighted by Gasteiger charge is -2.16. The first kappa shape index (κ1) is 18.4. The van der Waals surface area contributed by atoms with Gasteiger partial charge in [-0.3, -0.25) is 9.59 Å². The van der Waals surface area contributed by atoms with E-state index in [0.717, 1.165) is 25.5 Å². The zero-order valence-corrected chi connectivity index (χ0v) is 16.3. The molecule has 132 valence electrons. The van der Waals surface area contributed by atoms with Crippen LogP contribution in [0, 0.1) is 3.57 Å². The number of nitrogens with one attached hydrogen (secondary N) is 1. The fourth-order valence-corrected chi connectivity index (χ4v) is 3.51. The van der Waals surface area contributed by atoms with Crippen molar-refractivity contribution in [3.63, 3.8) is 0 Å². The maximum absolute atomic E-state index is 12.4. The van der Waals surface area contributed by atoms with Gasteiger partial charge in [0.25, 0.3) is 0 Å². The van der Waals surface area contributed by atoms with Crippen molar-refractivity contribution in [3.8, 4) is 0 Å². The molecule has 0 fully saturated rings. The fourth-order valence-electron chi connectivity index (χ4n) is 2.90. The second-order valence-electron chi connectivity index (χ2n) is 6.21. The Morgan fingerprint density at radius 1 is 0.923 bits per heavy atom. The van der Waals surface area contributed by atoms with Gasteiger partial charge in [0.05, 0.1) is 6.42 Å². The molecule has 2 amide bonds. The SMILES string of the molecule is NC(=O)[C@H](Cc1cccc(I)c1)NC(=O)Cc1ccc2ccccc2c1. The molecule has 0 unspecified atom stereocenters. The molecule has 0 spiro atoms. The minimum atomic E-state index is -0.721. The number of nitrogens with two attached hydrogens (primary N) is 1. The summed E-state index contributed by atoms with van der Waals surface area (Å²) in [5, 5.41) is 4.98. The molecule has 0 bridgehead atoms. The summed E-state index contributed by atoms with van der Waals surface area (Å²) in [6.45, 7) is 0. The average Bonchev–Trinajstić information content (AvgIpc) is 2.61. The predicted octanol–water partition coefficient (Wildman–Crippen LogP) is 3.20. The molecule has 0 radical (unpaired) electrons. The van der Waals surface area contributed by atoms with Crippen LogP contribution in [0.5, 0.6) is 0 Å². The topological polar surface area (TPSA) is 72.2 Å². The molecule has 0 aliphatic carbocycles. The van der Waals surface area contributed by atoms with E-state index in [0.29, 0.717) is 6.42 Å². The Bertz CT molecular complexity index is 955.